The number of aromatic hydroxyl groups is 1. The molecule has 0 saturated heterocycles. The molecule has 0 aliphatic carbocycles. The number of aryl methyl sites for hydroxylation is 1. The monoisotopic (exact) mass is 639 g/mol. The third-order valence-corrected chi connectivity index (χ3v) is 6.89. The highest BCUT2D eigenvalue weighted by Crippen LogP contribution is 2.34. The van der Waals surface area contributed by atoms with Gasteiger partial charge in [0.15, 0.2) is 0 Å². The lowest BCUT2D eigenvalue weighted by atomic mass is 9.95. The number of hydrogen-bond donors (Lipinski definition) is 3. The van der Waals surface area contributed by atoms with Crippen molar-refractivity contribution in [2.45, 2.75) is 124 Å². The lowest BCUT2D eigenvalue weighted by Crippen LogP contribution is -2.57. The summed E-state index contributed by atoms with van der Waals surface area (Å²) in [6.07, 6.45) is -0.355. The van der Waals surface area contributed by atoms with E-state index in [0.717, 1.165) is 5.56 Å². The highest BCUT2D eigenvalue weighted by Gasteiger charge is 2.41. The zero-order valence-corrected chi connectivity index (χ0v) is 29.3. The van der Waals surface area contributed by atoms with Crippen LogP contribution in [0.4, 0.5) is 4.79 Å². The molecule has 10 nitrogen and oxygen atoms in total. The van der Waals surface area contributed by atoms with Gasteiger partial charge < -0.3 is 30.1 Å². The van der Waals surface area contributed by atoms with E-state index in [1.807, 2.05) is 44.2 Å². The van der Waals surface area contributed by atoms with Gasteiger partial charge in [-0.05, 0) is 85.8 Å². The molecule has 0 fully saturated rings. The van der Waals surface area contributed by atoms with Gasteiger partial charge in [0, 0.05) is 18.0 Å². The summed E-state index contributed by atoms with van der Waals surface area (Å²) >= 11 is 0. The van der Waals surface area contributed by atoms with E-state index in [1.54, 1.807) is 80.5 Å². The first kappa shape index (κ1) is 38.1. The van der Waals surface area contributed by atoms with Crippen LogP contribution < -0.4 is 10.6 Å². The fourth-order valence-electron chi connectivity index (χ4n) is 4.99. The Kier molecular flexibility index (Phi) is 13.2. The second-order valence-corrected chi connectivity index (χ2v) is 14.4. The van der Waals surface area contributed by atoms with Gasteiger partial charge in [0.2, 0.25) is 11.8 Å². The molecule has 0 spiro atoms. The second-order valence-electron chi connectivity index (χ2n) is 14.4. The molecule has 0 radical (unpaired) electrons. The molecule has 2 aromatic rings. The minimum absolute atomic E-state index is 0.0000285. The number of esters is 1. The van der Waals surface area contributed by atoms with Crippen LogP contribution in [-0.2, 0) is 30.3 Å². The van der Waals surface area contributed by atoms with Crippen molar-refractivity contribution in [3.05, 3.63) is 65.2 Å². The van der Waals surface area contributed by atoms with Crippen molar-refractivity contribution in [1.29, 1.82) is 0 Å². The van der Waals surface area contributed by atoms with Crippen LogP contribution in [0, 0.1) is 12.8 Å². The summed E-state index contributed by atoms with van der Waals surface area (Å²) in [6.45, 7) is 19.4. The van der Waals surface area contributed by atoms with Crippen molar-refractivity contribution in [3.8, 4) is 5.75 Å². The van der Waals surface area contributed by atoms with Crippen molar-refractivity contribution in [2.75, 3.05) is 0 Å². The van der Waals surface area contributed by atoms with Crippen LogP contribution >= 0.6 is 0 Å². The number of nitrogens with one attached hydrogen (secondary N) is 2. The number of carbonyl (C=O) groups is 4. The Morgan fingerprint density at radius 3 is 1.91 bits per heavy atom. The summed E-state index contributed by atoms with van der Waals surface area (Å²) in [5, 5.41) is 16.8. The molecule has 254 valence electrons. The first-order valence-electron chi connectivity index (χ1n) is 15.9. The number of amides is 3. The van der Waals surface area contributed by atoms with Crippen LogP contribution in [0.1, 0.15) is 98.4 Å². The number of nitrogens with zero attached hydrogens (tertiary/aromatic N) is 1. The van der Waals surface area contributed by atoms with E-state index >= 15 is 0 Å². The maximum Gasteiger partial charge on any atom is 0.408 e. The van der Waals surface area contributed by atoms with Gasteiger partial charge >= 0.3 is 12.1 Å². The third-order valence-electron chi connectivity index (χ3n) is 6.89. The summed E-state index contributed by atoms with van der Waals surface area (Å²) in [7, 11) is 0. The number of rotatable bonds is 12. The van der Waals surface area contributed by atoms with E-state index in [4.69, 9.17) is 9.47 Å². The first-order chi connectivity index (χ1) is 21.2. The molecule has 0 aromatic heterocycles. The van der Waals surface area contributed by atoms with Crippen molar-refractivity contribution in [1.82, 2.24) is 15.5 Å². The Morgan fingerprint density at radius 1 is 0.804 bits per heavy atom. The van der Waals surface area contributed by atoms with Crippen LogP contribution in [0.5, 0.6) is 5.75 Å². The number of phenols is 1. The Bertz CT molecular complexity index is 1340. The topological polar surface area (TPSA) is 134 Å². The molecular formula is C36H53N3O7. The van der Waals surface area contributed by atoms with Crippen molar-refractivity contribution in [3.63, 3.8) is 0 Å². The number of benzene rings is 2. The summed E-state index contributed by atoms with van der Waals surface area (Å²) < 4.78 is 11.1. The molecule has 10 heteroatoms. The molecular weight excluding hydrogens is 586 g/mol. The van der Waals surface area contributed by atoms with Gasteiger partial charge in [-0.2, -0.15) is 0 Å². The summed E-state index contributed by atoms with van der Waals surface area (Å²) in [5.41, 5.74) is -0.127. The minimum Gasteiger partial charge on any atom is -0.507 e. The molecule has 2 aromatic carbocycles. The Morgan fingerprint density at radius 2 is 1.39 bits per heavy atom. The molecule has 0 aliphatic rings. The average Bonchev–Trinajstić information content (AvgIpc) is 2.90. The van der Waals surface area contributed by atoms with E-state index in [2.05, 4.69) is 10.6 Å². The molecule has 0 aliphatic heterocycles. The Balaban J connectivity index is 2.65. The number of carbonyl (C=O) groups excluding carboxylic acids is 4. The average molecular weight is 640 g/mol. The Hall–Kier alpha value is -4.08. The van der Waals surface area contributed by atoms with Crippen LogP contribution in [0.15, 0.2) is 48.5 Å². The van der Waals surface area contributed by atoms with Gasteiger partial charge in [-0.3, -0.25) is 9.59 Å². The van der Waals surface area contributed by atoms with Gasteiger partial charge in [-0.25, -0.2) is 9.59 Å². The van der Waals surface area contributed by atoms with E-state index in [-0.39, 0.29) is 30.1 Å². The quantitative estimate of drug-likeness (QED) is 0.243. The standard InChI is InChI=1S/C36H53N3O7/c1-22(2)20-27(38-34(44)46-36(9,10)11)32(42)39(23(3)4)29(26-19-15-16-24(5)30(26)40)31(41)37-28(33(43)45-35(6,7)8)21-25-17-13-12-14-18-25/h12-19,22-23,27-29,40H,20-21H2,1-11H3,(H,37,41)(H,38,44). The van der Waals surface area contributed by atoms with Gasteiger partial charge in [0.05, 0.1) is 0 Å². The van der Waals surface area contributed by atoms with Gasteiger partial charge in [0.1, 0.15) is 35.1 Å². The molecule has 2 rings (SSSR count). The van der Waals surface area contributed by atoms with E-state index in [0.29, 0.717) is 5.56 Å². The Labute approximate surface area is 274 Å². The molecule has 3 amide bonds. The first-order valence-corrected chi connectivity index (χ1v) is 15.9. The normalized spacial score (nSPS) is 13.8. The predicted octanol–water partition coefficient (Wildman–Crippen LogP) is 5.99. The van der Waals surface area contributed by atoms with Crippen LogP contribution in [-0.4, -0.2) is 63.2 Å². The number of alkyl carbamates (subject to hydrolysis) is 1. The van der Waals surface area contributed by atoms with Crippen molar-refractivity contribution >= 4 is 23.9 Å². The fourth-order valence-corrected chi connectivity index (χ4v) is 4.99. The van der Waals surface area contributed by atoms with Crippen LogP contribution in [0.25, 0.3) is 0 Å². The highest BCUT2D eigenvalue weighted by molar-refractivity contribution is 5.94. The van der Waals surface area contributed by atoms with E-state index < -0.39 is 59.2 Å². The van der Waals surface area contributed by atoms with Gasteiger partial charge in [-0.1, -0.05) is 62.4 Å². The molecule has 3 N–H and O–H groups in total. The van der Waals surface area contributed by atoms with Crippen LogP contribution in [0.3, 0.4) is 0 Å². The SMILES string of the molecule is Cc1cccc(C(C(=O)NC(Cc2ccccc2)C(=O)OC(C)(C)C)N(C(=O)C(CC(C)C)NC(=O)OC(C)(C)C)C(C)C)c1O. The number of hydrogen-bond acceptors (Lipinski definition) is 7. The zero-order valence-electron chi connectivity index (χ0n) is 29.3. The maximum atomic E-state index is 14.4. The van der Waals surface area contributed by atoms with Gasteiger partial charge in [-0.15, -0.1) is 0 Å². The van der Waals surface area contributed by atoms with Crippen molar-refractivity contribution < 1.29 is 33.8 Å². The largest absolute Gasteiger partial charge is 0.507 e. The lowest BCUT2D eigenvalue weighted by Gasteiger charge is -2.38. The maximum absolute atomic E-state index is 14.4. The lowest BCUT2D eigenvalue weighted by molar-refractivity contribution is -0.159. The third kappa shape index (κ3) is 11.7. The van der Waals surface area contributed by atoms with Crippen LogP contribution in [0.2, 0.25) is 0 Å². The summed E-state index contributed by atoms with van der Waals surface area (Å²) in [5.74, 6) is -2.01. The number of phenolic OH excluding ortho intramolecular Hbond substituents is 1. The summed E-state index contributed by atoms with van der Waals surface area (Å²) in [4.78, 5) is 56.5. The highest BCUT2D eigenvalue weighted by atomic mass is 16.6. The summed E-state index contributed by atoms with van der Waals surface area (Å²) in [6, 6.07) is 10.1. The molecule has 0 saturated carbocycles. The molecule has 3 atom stereocenters. The molecule has 0 bridgehead atoms. The second kappa shape index (κ2) is 16.0. The fraction of sp³-hybridized carbons (Fsp3) is 0.556. The molecule has 46 heavy (non-hydrogen) atoms. The van der Waals surface area contributed by atoms with Crippen molar-refractivity contribution in [2.24, 2.45) is 5.92 Å². The smallest absolute Gasteiger partial charge is 0.408 e. The number of para-hydroxylation sites is 1. The molecule has 0 heterocycles. The van der Waals surface area contributed by atoms with E-state index in [9.17, 15) is 24.3 Å². The van der Waals surface area contributed by atoms with Gasteiger partial charge in [0.25, 0.3) is 0 Å². The molecule has 3 unspecified atom stereocenters. The van der Waals surface area contributed by atoms with E-state index in [1.165, 1.54) is 4.90 Å². The predicted molar refractivity (Wildman–Crippen MR) is 178 cm³/mol. The number of ether oxygens (including phenoxy) is 2. The minimum atomic E-state index is -1.36. The zero-order chi connectivity index (χ0) is 35.0.